The molecular weight excluding hydrogens is 864 g/mol. The maximum absolute atomic E-state index is 14.0. The molecule has 3 fully saturated rings. The third-order valence-corrected chi connectivity index (χ3v) is 15.1. The number of hydrogen-bond donors (Lipinski definition) is 3. The van der Waals surface area contributed by atoms with Crippen LogP contribution in [0.15, 0.2) is 95.7 Å². The summed E-state index contributed by atoms with van der Waals surface area (Å²) in [4.78, 5) is 40.0. The van der Waals surface area contributed by atoms with Crippen LogP contribution in [0.3, 0.4) is 0 Å². The van der Waals surface area contributed by atoms with Crippen molar-refractivity contribution in [3.63, 3.8) is 0 Å². The van der Waals surface area contributed by atoms with Gasteiger partial charge in [-0.25, -0.2) is 18.1 Å². The molecule has 0 unspecified atom stereocenters. The number of carbonyl (C=O) groups is 1. The van der Waals surface area contributed by atoms with Gasteiger partial charge in [0.05, 0.1) is 21.6 Å². The van der Waals surface area contributed by atoms with E-state index >= 15 is 0 Å². The molecule has 0 atom stereocenters. The molecule has 4 aliphatic rings. The summed E-state index contributed by atoms with van der Waals surface area (Å²) in [6, 6.07) is 21.9. The predicted octanol–water partition coefficient (Wildman–Crippen LogP) is 9.64. The third-order valence-electron chi connectivity index (χ3n) is 13.5. The highest BCUT2D eigenvalue weighted by atomic mass is 35.5. The Bertz CT molecular complexity index is 2710. The van der Waals surface area contributed by atoms with E-state index in [0.717, 1.165) is 87.1 Å². The number of aromatic amines is 1. The van der Waals surface area contributed by atoms with Gasteiger partial charge in [-0.1, -0.05) is 49.6 Å². The number of carbonyl (C=O) groups excluding carboxylic acids is 1. The van der Waals surface area contributed by atoms with Crippen molar-refractivity contribution in [3.05, 3.63) is 117 Å². The molecule has 342 valence electrons. The van der Waals surface area contributed by atoms with E-state index < -0.39 is 25.7 Å². The average molecular weight is 922 g/mol. The van der Waals surface area contributed by atoms with Crippen LogP contribution in [0.25, 0.3) is 16.6 Å². The van der Waals surface area contributed by atoms with Crippen molar-refractivity contribution < 1.29 is 22.9 Å². The molecule has 16 heteroatoms. The van der Waals surface area contributed by atoms with E-state index in [1.165, 1.54) is 67.1 Å². The van der Waals surface area contributed by atoms with Crippen molar-refractivity contribution in [2.45, 2.75) is 88.6 Å². The smallest absolute Gasteiger partial charge is 0.293 e. The summed E-state index contributed by atoms with van der Waals surface area (Å²) >= 11 is 6.25. The number of nitrogens with one attached hydrogen (secondary N) is 3. The van der Waals surface area contributed by atoms with E-state index in [9.17, 15) is 23.3 Å². The first kappa shape index (κ1) is 44.7. The van der Waals surface area contributed by atoms with Gasteiger partial charge in [-0.15, -0.1) is 0 Å². The number of nitrogens with zero attached hydrogens (tertiary/aromatic N) is 5. The molecule has 9 rings (SSSR count). The van der Waals surface area contributed by atoms with Crippen LogP contribution in [0.1, 0.15) is 87.6 Å². The van der Waals surface area contributed by atoms with Gasteiger partial charge >= 0.3 is 0 Å². The lowest BCUT2D eigenvalue weighted by atomic mass is 9.72. The predicted molar refractivity (Wildman–Crippen MR) is 255 cm³/mol. The van der Waals surface area contributed by atoms with E-state index in [1.807, 2.05) is 18.2 Å². The lowest BCUT2D eigenvalue weighted by Gasteiger charge is -2.39. The van der Waals surface area contributed by atoms with Crippen molar-refractivity contribution in [3.8, 4) is 11.5 Å². The molecule has 3 aromatic carbocycles. The van der Waals surface area contributed by atoms with Crippen molar-refractivity contribution in [2.24, 2.45) is 5.41 Å². The lowest BCUT2D eigenvalue weighted by Crippen LogP contribution is -2.47. The van der Waals surface area contributed by atoms with Crippen LogP contribution in [0.2, 0.25) is 5.02 Å². The lowest BCUT2D eigenvalue weighted by molar-refractivity contribution is -0.384. The van der Waals surface area contributed by atoms with Gasteiger partial charge in [-0.05, 0) is 116 Å². The number of benzene rings is 3. The molecule has 0 spiro atoms. The van der Waals surface area contributed by atoms with Gasteiger partial charge in [-0.2, -0.15) is 0 Å². The summed E-state index contributed by atoms with van der Waals surface area (Å²) in [5, 5.41) is 16.9. The van der Waals surface area contributed by atoms with Crippen molar-refractivity contribution in [2.75, 3.05) is 56.0 Å². The molecule has 2 saturated carbocycles. The molecule has 3 heterocycles. The van der Waals surface area contributed by atoms with Crippen molar-refractivity contribution >= 4 is 61.2 Å². The highest BCUT2D eigenvalue weighted by Gasteiger charge is 2.36. The molecule has 2 aromatic heterocycles. The number of piperazine rings is 1. The zero-order chi connectivity index (χ0) is 45.3. The number of allylic oxidation sites excluding steroid dienone is 1. The number of rotatable bonds is 17. The highest BCUT2D eigenvalue weighted by Crippen LogP contribution is 2.44. The number of nitro benzene ring substituents is 1. The number of fused-ring (bicyclic) bond motifs is 1. The fraction of sp³-hybridized carbons (Fsp3) is 0.429. The largest absolute Gasteiger partial charge is 0.455 e. The normalized spacial score (nSPS) is 18.2. The number of aromatic nitrogens is 2. The van der Waals surface area contributed by atoms with Gasteiger partial charge in [0.2, 0.25) is 0 Å². The number of H-pyrrole nitrogens is 1. The fourth-order valence-corrected chi connectivity index (χ4v) is 10.6. The van der Waals surface area contributed by atoms with Gasteiger partial charge in [0.15, 0.2) is 0 Å². The number of sulfonamides is 1. The molecule has 0 radical (unpaired) electrons. The Morgan fingerprint density at radius 1 is 1.00 bits per heavy atom. The van der Waals surface area contributed by atoms with Crippen LogP contribution in [-0.2, 0) is 10.0 Å². The van der Waals surface area contributed by atoms with Crippen LogP contribution < -0.4 is 19.7 Å². The van der Waals surface area contributed by atoms with Gasteiger partial charge in [0, 0.05) is 92.3 Å². The van der Waals surface area contributed by atoms with Crippen LogP contribution >= 0.6 is 11.6 Å². The number of ether oxygens (including phenoxy) is 1. The number of halogens is 1. The summed E-state index contributed by atoms with van der Waals surface area (Å²) < 4.78 is 36.0. The molecule has 3 N–H and O–H groups in total. The summed E-state index contributed by atoms with van der Waals surface area (Å²) in [7, 11) is -4.55. The summed E-state index contributed by atoms with van der Waals surface area (Å²) in [6.07, 6.45) is 13.5. The number of pyridine rings is 1. The Labute approximate surface area is 385 Å². The Morgan fingerprint density at radius 3 is 2.49 bits per heavy atom. The minimum absolute atomic E-state index is 0.0260. The number of nitro groups is 1. The van der Waals surface area contributed by atoms with Crippen molar-refractivity contribution in [1.82, 2.24) is 24.5 Å². The van der Waals surface area contributed by atoms with Crippen LogP contribution in [0.4, 0.5) is 17.1 Å². The second-order valence-electron chi connectivity index (χ2n) is 18.8. The number of anilines is 2. The monoisotopic (exact) mass is 920 g/mol. The SMILES string of the molecule is CC1(C)CCC(CN2CCN(c3ccc(C(=O)NS(=O)(=O)c4ccc(NCCCN(C5CCC5)C5CC5)c([N+](=O)[O-])c4)c(Oc4cnc5[nH]ccc5c4)c3)CC2)=C(c2ccc(Cl)cc2)C1. The Hall–Kier alpha value is -5.48. The van der Waals surface area contributed by atoms with Crippen LogP contribution in [-0.4, -0.2) is 96.9 Å². The molecule has 65 heavy (non-hydrogen) atoms. The maximum atomic E-state index is 14.0. The first-order valence-corrected chi connectivity index (χ1v) is 24.7. The minimum atomic E-state index is -4.55. The summed E-state index contributed by atoms with van der Waals surface area (Å²) in [5.41, 5.74) is 5.64. The first-order chi connectivity index (χ1) is 31.3. The molecule has 1 aliphatic heterocycles. The molecule has 1 amide bonds. The third kappa shape index (κ3) is 10.5. The molecule has 1 saturated heterocycles. The Morgan fingerprint density at radius 2 is 1.77 bits per heavy atom. The fourth-order valence-electron chi connectivity index (χ4n) is 9.47. The maximum Gasteiger partial charge on any atom is 0.293 e. The number of amides is 1. The van der Waals surface area contributed by atoms with E-state index in [4.69, 9.17) is 16.3 Å². The first-order valence-electron chi connectivity index (χ1n) is 22.8. The summed E-state index contributed by atoms with van der Waals surface area (Å²) in [5.74, 6) is -0.442. The Balaban J connectivity index is 0.898. The molecule has 3 aliphatic carbocycles. The van der Waals surface area contributed by atoms with E-state index in [1.54, 1.807) is 30.5 Å². The van der Waals surface area contributed by atoms with E-state index in [0.29, 0.717) is 30.0 Å². The zero-order valence-corrected chi connectivity index (χ0v) is 38.6. The highest BCUT2D eigenvalue weighted by molar-refractivity contribution is 7.90. The topological polar surface area (TPSA) is 166 Å². The van der Waals surface area contributed by atoms with Crippen LogP contribution in [0, 0.1) is 15.5 Å². The van der Waals surface area contributed by atoms with Gasteiger partial charge in [0.25, 0.3) is 21.6 Å². The quantitative estimate of drug-likeness (QED) is 0.0462. The van der Waals surface area contributed by atoms with Crippen molar-refractivity contribution in [1.29, 1.82) is 0 Å². The van der Waals surface area contributed by atoms with Gasteiger partial charge < -0.3 is 19.9 Å². The average Bonchev–Trinajstić information content (AvgIpc) is 4.01. The molecular formula is C49H57ClN8O6S. The molecule has 5 aromatic rings. The second kappa shape index (κ2) is 18.8. The standard InChI is InChI=1S/C49H57ClN8O6S/c1-49(2)19-17-35(43(30-49)33-7-9-36(50)10-8-33)32-55-23-25-56(26-24-55)39-13-15-42(46(28-39)64-40-27-34-18-21-52-47(34)53-31-40)48(59)54-65(62,63)41-14-16-44(45(29-41)58(60)61)51-20-4-22-57(38-11-12-38)37-5-3-6-37/h7-10,13-16,18,21,27-29,31,37-38,51H,3-6,11-12,17,19-20,22-26,30,32H2,1-2H3,(H,52,53)(H,54,59). The van der Waals surface area contributed by atoms with Gasteiger partial charge in [-0.3, -0.25) is 24.7 Å². The summed E-state index contributed by atoms with van der Waals surface area (Å²) in [6.45, 7) is 10.1. The van der Waals surface area contributed by atoms with Crippen LogP contribution in [0.5, 0.6) is 11.5 Å². The molecule has 0 bridgehead atoms. The Kier molecular flexibility index (Phi) is 12.9. The second-order valence-corrected chi connectivity index (χ2v) is 20.9. The van der Waals surface area contributed by atoms with E-state index in [2.05, 4.69) is 60.7 Å². The zero-order valence-electron chi connectivity index (χ0n) is 37.0. The van der Waals surface area contributed by atoms with Gasteiger partial charge in [0.1, 0.15) is 22.8 Å². The van der Waals surface area contributed by atoms with E-state index in [-0.39, 0.29) is 28.1 Å². The molecule has 14 nitrogen and oxygen atoms in total. The number of hydrogen-bond acceptors (Lipinski definition) is 11. The minimum Gasteiger partial charge on any atom is -0.455 e.